The number of anilines is 2. The van der Waals surface area contributed by atoms with Gasteiger partial charge >= 0.3 is 0 Å². The number of aryl methyl sites for hydroxylation is 1. The summed E-state index contributed by atoms with van der Waals surface area (Å²) in [6.07, 6.45) is 10.3. The lowest BCUT2D eigenvalue weighted by atomic mass is 9.71. The second kappa shape index (κ2) is 7.69. The van der Waals surface area contributed by atoms with Gasteiger partial charge in [-0.1, -0.05) is 0 Å². The topological polar surface area (TPSA) is 120 Å². The van der Waals surface area contributed by atoms with Crippen LogP contribution in [0.25, 0.3) is 16.7 Å². The molecule has 4 aromatic rings. The molecule has 34 heavy (non-hydrogen) atoms. The number of nitrogens with one attached hydrogen (secondary N) is 1. The van der Waals surface area contributed by atoms with Crippen LogP contribution >= 0.6 is 0 Å². The Kier molecular flexibility index (Phi) is 4.73. The minimum absolute atomic E-state index is 0.000134. The third-order valence-electron chi connectivity index (χ3n) is 6.66. The van der Waals surface area contributed by atoms with Crippen molar-refractivity contribution in [2.45, 2.75) is 17.7 Å². The fraction of sp³-hybridized carbons (Fsp3) is 0.364. The summed E-state index contributed by atoms with van der Waals surface area (Å²) in [5.74, 6) is 2.27. The van der Waals surface area contributed by atoms with Crippen molar-refractivity contribution in [1.29, 1.82) is 0 Å². The van der Waals surface area contributed by atoms with E-state index in [1.54, 1.807) is 30.3 Å². The summed E-state index contributed by atoms with van der Waals surface area (Å²) in [5, 5.41) is 9.15. The molecule has 1 aliphatic carbocycles. The van der Waals surface area contributed by atoms with Gasteiger partial charge in [0.2, 0.25) is 5.88 Å². The van der Waals surface area contributed by atoms with Gasteiger partial charge in [0.05, 0.1) is 31.2 Å². The fourth-order valence-corrected chi connectivity index (χ4v) is 5.96. The highest BCUT2D eigenvalue weighted by molar-refractivity contribution is 7.92. The zero-order valence-corrected chi connectivity index (χ0v) is 19.6. The summed E-state index contributed by atoms with van der Waals surface area (Å²) in [7, 11) is -0.824. The van der Waals surface area contributed by atoms with E-state index in [4.69, 9.17) is 4.74 Å². The van der Waals surface area contributed by atoms with Gasteiger partial charge in [0, 0.05) is 49.7 Å². The van der Waals surface area contributed by atoms with Crippen molar-refractivity contribution >= 4 is 32.3 Å². The van der Waals surface area contributed by atoms with Crippen LogP contribution < -0.4 is 14.4 Å². The molecule has 2 saturated heterocycles. The number of methoxy groups -OCH3 is 1. The van der Waals surface area contributed by atoms with E-state index in [-0.39, 0.29) is 16.5 Å². The number of fused-ring (bicyclic) bond motifs is 3. The minimum atomic E-state index is -3.98. The molecule has 0 aromatic carbocycles. The summed E-state index contributed by atoms with van der Waals surface area (Å²) in [6, 6.07) is 3.94. The molecule has 2 bridgehead atoms. The van der Waals surface area contributed by atoms with Crippen LogP contribution in [0.4, 0.5) is 11.4 Å². The van der Waals surface area contributed by atoms with Gasteiger partial charge in [-0.25, -0.2) is 23.1 Å². The maximum absolute atomic E-state index is 13.2. The van der Waals surface area contributed by atoms with E-state index in [2.05, 4.69) is 29.8 Å². The minimum Gasteiger partial charge on any atom is -0.479 e. The number of hydrogen-bond acceptors (Lipinski definition) is 8. The molecule has 3 fully saturated rings. The molecular weight excluding hydrogens is 456 g/mol. The van der Waals surface area contributed by atoms with Gasteiger partial charge in [-0.15, -0.1) is 0 Å². The first-order valence-electron chi connectivity index (χ1n) is 11.0. The first-order chi connectivity index (χ1) is 16.4. The quantitative estimate of drug-likeness (QED) is 0.446. The fourth-order valence-electron chi connectivity index (χ4n) is 4.97. The molecule has 2 aliphatic heterocycles. The van der Waals surface area contributed by atoms with Gasteiger partial charge in [0.15, 0.2) is 5.82 Å². The molecule has 0 atom stereocenters. The maximum Gasteiger partial charge on any atom is 0.265 e. The zero-order chi connectivity index (χ0) is 23.4. The normalized spacial score (nSPS) is 19.8. The van der Waals surface area contributed by atoms with Crippen molar-refractivity contribution in [3.05, 3.63) is 43.1 Å². The van der Waals surface area contributed by atoms with Crippen molar-refractivity contribution in [1.82, 2.24) is 29.5 Å². The van der Waals surface area contributed by atoms with Gasteiger partial charge < -0.3 is 9.64 Å². The SMILES string of the molecule is COc1ncc2cnn(C)c2c1NS(=O)(=O)c1cnn(-c2cc(N3CC4CC(C4)C3)ccn2)c1. The van der Waals surface area contributed by atoms with Gasteiger partial charge in [0.25, 0.3) is 10.0 Å². The monoisotopic (exact) mass is 480 g/mol. The number of ether oxygens (including phenoxy) is 1. The van der Waals surface area contributed by atoms with Crippen LogP contribution in [0.15, 0.2) is 48.0 Å². The molecule has 0 amide bonds. The lowest BCUT2D eigenvalue weighted by molar-refractivity contribution is 0.159. The molecule has 0 unspecified atom stereocenters. The second-order valence-corrected chi connectivity index (χ2v) is 10.6. The average molecular weight is 481 g/mol. The van der Waals surface area contributed by atoms with Gasteiger partial charge in [-0.05, 0) is 30.7 Å². The lowest BCUT2D eigenvalue weighted by Crippen LogP contribution is -2.48. The maximum atomic E-state index is 13.2. The highest BCUT2D eigenvalue weighted by atomic mass is 32.2. The molecule has 3 aliphatic rings. The molecule has 12 heteroatoms. The number of aromatic nitrogens is 6. The molecule has 1 saturated carbocycles. The van der Waals surface area contributed by atoms with Crippen molar-refractivity contribution < 1.29 is 13.2 Å². The Labute approximate surface area is 196 Å². The van der Waals surface area contributed by atoms with E-state index in [0.717, 1.165) is 30.6 Å². The predicted molar refractivity (Wildman–Crippen MR) is 126 cm³/mol. The van der Waals surface area contributed by atoms with Gasteiger partial charge in [-0.2, -0.15) is 10.2 Å². The number of nitrogens with zero attached hydrogens (tertiary/aromatic N) is 7. The van der Waals surface area contributed by atoms with E-state index in [0.29, 0.717) is 16.7 Å². The molecule has 1 N–H and O–H groups in total. The first kappa shape index (κ1) is 20.9. The van der Waals surface area contributed by atoms with E-state index >= 15 is 0 Å². The zero-order valence-electron chi connectivity index (χ0n) is 18.8. The number of hydrogen-bond donors (Lipinski definition) is 1. The van der Waals surface area contributed by atoms with Crippen LogP contribution in [0.1, 0.15) is 12.8 Å². The summed E-state index contributed by atoms with van der Waals surface area (Å²) in [4.78, 5) is 11.0. The van der Waals surface area contributed by atoms with E-state index < -0.39 is 10.0 Å². The first-order valence-corrected chi connectivity index (χ1v) is 12.5. The third-order valence-corrected chi connectivity index (χ3v) is 7.96. The summed E-state index contributed by atoms with van der Waals surface area (Å²) >= 11 is 0. The van der Waals surface area contributed by atoms with Gasteiger partial charge in [0.1, 0.15) is 10.6 Å². The van der Waals surface area contributed by atoms with Crippen LogP contribution in [0.2, 0.25) is 0 Å². The second-order valence-electron chi connectivity index (χ2n) is 8.92. The number of pyridine rings is 2. The molecular formula is C22H24N8O3S. The lowest BCUT2D eigenvalue weighted by Gasteiger charge is -2.48. The van der Waals surface area contributed by atoms with Crippen LogP contribution in [-0.2, 0) is 17.1 Å². The summed E-state index contributed by atoms with van der Waals surface area (Å²) in [6.45, 7) is 2.11. The number of sulfonamides is 1. The standard InChI is InChI=1S/C22H24N8O3S/c1-28-21-16(9-25-28)8-24-22(33-2)20(21)27-34(31,32)18-10-26-30(13-18)19-7-17(3-4-23-19)29-11-14-5-15(6-14)12-29/h3-4,7-10,13-15,27H,5-6,11-12H2,1-2H3. The number of rotatable bonds is 6. The van der Waals surface area contributed by atoms with Crippen LogP contribution in [-0.4, -0.2) is 58.1 Å². The molecule has 11 nitrogen and oxygen atoms in total. The van der Waals surface area contributed by atoms with Crippen LogP contribution in [0.5, 0.6) is 5.88 Å². The van der Waals surface area contributed by atoms with Crippen molar-refractivity contribution in [3.8, 4) is 11.7 Å². The van der Waals surface area contributed by atoms with Crippen LogP contribution in [0.3, 0.4) is 0 Å². The molecule has 4 aromatic heterocycles. The van der Waals surface area contributed by atoms with Crippen LogP contribution in [0, 0.1) is 11.8 Å². The Balaban J connectivity index is 1.30. The number of piperidine rings is 2. The van der Waals surface area contributed by atoms with Crippen molar-refractivity contribution in [3.63, 3.8) is 0 Å². The smallest absolute Gasteiger partial charge is 0.265 e. The Morgan fingerprint density at radius 2 is 1.88 bits per heavy atom. The summed E-state index contributed by atoms with van der Waals surface area (Å²) < 4.78 is 37.4. The Morgan fingerprint density at radius 1 is 1.09 bits per heavy atom. The molecule has 0 spiro atoms. The highest BCUT2D eigenvalue weighted by Crippen LogP contribution is 2.41. The Bertz CT molecular complexity index is 1480. The summed E-state index contributed by atoms with van der Waals surface area (Å²) in [5.41, 5.74) is 1.87. The molecule has 7 rings (SSSR count). The van der Waals surface area contributed by atoms with E-state index in [1.165, 1.54) is 37.0 Å². The Morgan fingerprint density at radius 3 is 2.65 bits per heavy atom. The molecule has 0 radical (unpaired) electrons. The van der Waals surface area contributed by atoms with E-state index in [1.807, 2.05) is 12.1 Å². The van der Waals surface area contributed by atoms with Gasteiger partial charge in [-0.3, -0.25) is 9.40 Å². The largest absolute Gasteiger partial charge is 0.479 e. The predicted octanol–water partition coefficient (Wildman–Crippen LogP) is 2.20. The van der Waals surface area contributed by atoms with E-state index in [9.17, 15) is 8.42 Å². The molecule has 6 heterocycles. The average Bonchev–Trinajstić information content (AvgIpc) is 3.47. The molecule has 176 valence electrons. The Hall–Kier alpha value is -3.67. The van der Waals surface area contributed by atoms with Crippen molar-refractivity contribution in [2.24, 2.45) is 18.9 Å². The highest BCUT2D eigenvalue weighted by Gasteiger charge is 2.37. The van der Waals surface area contributed by atoms with Crippen molar-refractivity contribution in [2.75, 3.05) is 29.8 Å². The third kappa shape index (κ3) is 3.45.